The molecule has 0 bridgehead atoms. The van der Waals surface area contributed by atoms with E-state index in [2.05, 4.69) is 6.92 Å². The molecule has 0 aliphatic heterocycles. The molecule has 2 N–H and O–H groups in total. The Kier molecular flexibility index (Phi) is 8.46. The van der Waals surface area contributed by atoms with Gasteiger partial charge in [-0.1, -0.05) is 39.5 Å². The maximum absolute atomic E-state index is 9.39. The second kappa shape index (κ2) is 8.52. The highest BCUT2D eigenvalue weighted by atomic mass is 16.3. The van der Waals surface area contributed by atoms with Crippen molar-refractivity contribution in [2.24, 2.45) is 0 Å². The monoisotopic (exact) mass is 187 g/mol. The second-order valence-corrected chi connectivity index (χ2v) is 3.52. The molecule has 0 aromatic rings. The Morgan fingerprint density at radius 3 is 2.31 bits per heavy atom. The number of hydrogen-bond acceptors (Lipinski definition) is 2. The van der Waals surface area contributed by atoms with Crippen molar-refractivity contribution in [2.75, 3.05) is 6.61 Å². The van der Waals surface area contributed by atoms with Crippen molar-refractivity contribution in [1.29, 1.82) is 0 Å². The van der Waals surface area contributed by atoms with E-state index in [0.29, 0.717) is 0 Å². The Morgan fingerprint density at radius 1 is 1.15 bits per heavy atom. The summed E-state index contributed by atoms with van der Waals surface area (Å²) in [5, 5.41) is 18.2. The lowest BCUT2D eigenvalue weighted by molar-refractivity contribution is 0.0981. The molecule has 0 spiro atoms. The zero-order valence-electron chi connectivity index (χ0n) is 8.92. The van der Waals surface area contributed by atoms with Crippen molar-refractivity contribution in [1.82, 2.24) is 0 Å². The van der Waals surface area contributed by atoms with Crippen LogP contribution in [0.3, 0.4) is 0 Å². The van der Waals surface area contributed by atoms with Gasteiger partial charge >= 0.3 is 0 Å². The van der Waals surface area contributed by atoms with Crippen molar-refractivity contribution in [3.8, 4) is 0 Å². The van der Waals surface area contributed by atoms with Gasteiger partial charge in [-0.05, 0) is 12.8 Å². The van der Waals surface area contributed by atoms with Crippen LogP contribution in [0, 0.1) is 5.92 Å². The average Bonchev–Trinajstić information content (AvgIpc) is 2.17. The Morgan fingerprint density at radius 2 is 1.85 bits per heavy atom. The quantitative estimate of drug-likeness (QED) is 0.572. The van der Waals surface area contributed by atoms with E-state index in [1.807, 2.05) is 6.92 Å². The minimum atomic E-state index is -0.591. The van der Waals surface area contributed by atoms with E-state index in [-0.39, 0.29) is 6.61 Å². The SMILES string of the molecule is CCCCCC[C](CC)C(O)CO. The molecule has 0 aromatic carbocycles. The van der Waals surface area contributed by atoms with Crippen molar-refractivity contribution < 1.29 is 10.2 Å². The van der Waals surface area contributed by atoms with Crippen molar-refractivity contribution >= 4 is 0 Å². The number of aliphatic hydroxyl groups excluding tert-OH is 2. The van der Waals surface area contributed by atoms with Gasteiger partial charge in [0.25, 0.3) is 0 Å². The van der Waals surface area contributed by atoms with Crippen LogP contribution in [-0.4, -0.2) is 22.9 Å². The van der Waals surface area contributed by atoms with Crippen LogP contribution < -0.4 is 0 Å². The van der Waals surface area contributed by atoms with Crippen LogP contribution in [0.1, 0.15) is 52.4 Å². The van der Waals surface area contributed by atoms with Crippen molar-refractivity contribution in [2.45, 2.75) is 58.5 Å². The van der Waals surface area contributed by atoms with Gasteiger partial charge in [-0.3, -0.25) is 0 Å². The summed E-state index contributed by atoms with van der Waals surface area (Å²) in [5.74, 6) is 1.10. The molecule has 2 nitrogen and oxygen atoms in total. The summed E-state index contributed by atoms with van der Waals surface area (Å²) < 4.78 is 0. The lowest BCUT2D eigenvalue weighted by Crippen LogP contribution is -2.21. The topological polar surface area (TPSA) is 40.5 Å². The largest absolute Gasteiger partial charge is 0.394 e. The van der Waals surface area contributed by atoms with Crippen LogP contribution in [0.25, 0.3) is 0 Å². The fourth-order valence-corrected chi connectivity index (χ4v) is 1.49. The van der Waals surface area contributed by atoms with E-state index in [9.17, 15) is 5.11 Å². The lowest BCUT2D eigenvalue weighted by atomic mass is 9.93. The molecular formula is C11H23O2. The molecule has 1 unspecified atom stereocenters. The highest BCUT2D eigenvalue weighted by Crippen LogP contribution is 2.19. The maximum Gasteiger partial charge on any atom is 0.0833 e. The van der Waals surface area contributed by atoms with Crippen LogP contribution in [0.4, 0.5) is 0 Å². The molecule has 2 heteroatoms. The van der Waals surface area contributed by atoms with E-state index >= 15 is 0 Å². The van der Waals surface area contributed by atoms with Crippen LogP contribution in [0.2, 0.25) is 0 Å². The standard InChI is InChI=1S/C11H23O2/c1-3-5-6-7-8-10(4-2)11(13)9-12/h11-13H,3-9H2,1-2H3. The first-order valence-corrected chi connectivity index (χ1v) is 5.39. The molecule has 0 heterocycles. The van der Waals surface area contributed by atoms with E-state index in [1.54, 1.807) is 0 Å². The van der Waals surface area contributed by atoms with Gasteiger partial charge in [0.05, 0.1) is 12.7 Å². The molecule has 0 aromatic heterocycles. The summed E-state index contributed by atoms with van der Waals surface area (Å²) in [6.45, 7) is 4.10. The van der Waals surface area contributed by atoms with Gasteiger partial charge in [0.2, 0.25) is 0 Å². The third-order valence-electron chi connectivity index (χ3n) is 2.45. The molecule has 1 atom stereocenters. The van der Waals surface area contributed by atoms with Crippen molar-refractivity contribution in [3.63, 3.8) is 0 Å². The lowest BCUT2D eigenvalue weighted by Gasteiger charge is -2.18. The van der Waals surface area contributed by atoms with Gasteiger partial charge in [0.15, 0.2) is 0 Å². The Labute approximate surface area is 82.0 Å². The molecule has 13 heavy (non-hydrogen) atoms. The summed E-state index contributed by atoms with van der Waals surface area (Å²) in [5.41, 5.74) is 0. The Bertz CT molecular complexity index is 104. The second-order valence-electron chi connectivity index (χ2n) is 3.52. The molecule has 0 amide bonds. The van der Waals surface area contributed by atoms with Gasteiger partial charge in [0, 0.05) is 5.92 Å². The molecule has 79 valence electrons. The summed E-state index contributed by atoms with van der Waals surface area (Å²) in [6, 6.07) is 0. The zero-order valence-corrected chi connectivity index (χ0v) is 8.92. The average molecular weight is 187 g/mol. The number of rotatable bonds is 8. The van der Waals surface area contributed by atoms with Gasteiger partial charge in [-0.2, -0.15) is 0 Å². The fraction of sp³-hybridized carbons (Fsp3) is 0.909. The molecule has 0 saturated carbocycles. The summed E-state index contributed by atoms with van der Waals surface area (Å²) in [4.78, 5) is 0. The van der Waals surface area contributed by atoms with Gasteiger partial charge < -0.3 is 10.2 Å². The van der Waals surface area contributed by atoms with Crippen LogP contribution in [0.5, 0.6) is 0 Å². The molecule has 0 aliphatic carbocycles. The normalized spacial score (nSPS) is 13.6. The van der Waals surface area contributed by atoms with Crippen LogP contribution >= 0.6 is 0 Å². The predicted molar refractivity (Wildman–Crippen MR) is 55.4 cm³/mol. The zero-order chi connectivity index (χ0) is 10.1. The van der Waals surface area contributed by atoms with E-state index in [4.69, 9.17) is 5.11 Å². The maximum atomic E-state index is 9.39. The van der Waals surface area contributed by atoms with E-state index < -0.39 is 6.10 Å². The summed E-state index contributed by atoms with van der Waals surface area (Å²) in [7, 11) is 0. The van der Waals surface area contributed by atoms with Gasteiger partial charge in [0.1, 0.15) is 0 Å². The van der Waals surface area contributed by atoms with Crippen molar-refractivity contribution in [3.05, 3.63) is 5.92 Å². The third kappa shape index (κ3) is 6.05. The highest BCUT2D eigenvalue weighted by Gasteiger charge is 2.15. The predicted octanol–water partition coefficient (Wildman–Crippen LogP) is 2.29. The molecule has 0 rings (SSSR count). The molecule has 1 radical (unpaired) electrons. The first-order chi connectivity index (χ1) is 6.26. The summed E-state index contributed by atoms with van der Waals surface area (Å²) in [6.07, 6.45) is 6.15. The first kappa shape index (κ1) is 12.9. The fourth-order valence-electron chi connectivity index (χ4n) is 1.49. The smallest absolute Gasteiger partial charge is 0.0833 e. The molecular weight excluding hydrogens is 164 g/mol. The highest BCUT2D eigenvalue weighted by molar-refractivity contribution is 4.95. The van der Waals surface area contributed by atoms with Gasteiger partial charge in [-0.25, -0.2) is 0 Å². The first-order valence-electron chi connectivity index (χ1n) is 5.39. The molecule has 0 saturated heterocycles. The summed E-state index contributed by atoms with van der Waals surface area (Å²) >= 11 is 0. The number of aliphatic hydroxyl groups is 2. The van der Waals surface area contributed by atoms with E-state index in [0.717, 1.165) is 25.2 Å². The molecule has 0 aliphatic rings. The van der Waals surface area contributed by atoms with Crippen LogP contribution in [0.15, 0.2) is 0 Å². The number of unbranched alkanes of at least 4 members (excludes halogenated alkanes) is 3. The van der Waals surface area contributed by atoms with Crippen LogP contribution in [-0.2, 0) is 0 Å². The Balaban J connectivity index is 3.47. The minimum absolute atomic E-state index is 0.128. The Hall–Kier alpha value is -0.0800. The minimum Gasteiger partial charge on any atom is -0.394 e. The van der Waals surface area contributed by atoms with Gasteiger partial charge in [-0.15, -0.1) is 0 Å². The van der Waals surface area contributed by atoms with E-state index in [1.165, 1.54) is 19.3 Å². The third-order valence-corrected chi connectivity index (χ3v) is 2.45. The molecule has 0 fully saturated rings. The number of hydrogen-bond donors (Lipinski definition) is 2.